The molecule has 0 aliphatic rings. The molecule has 0 aromatic heterocycles. The smallest absolute Gasteiger partial charge is 0.0743 e. The number of rotatable bonds is 8. The monoisotopic (exact) mass is 203 g/mol. The first-order valence-corrected chi connectivity index (χ1v) is 5.50. The van der Waals surface area contributed by atoms with Crippen LogP contribution in [0.15, 0.2) is 0 Å². The van der Waals surface area contributed by atoms with Gasteiger partial charge in [0.25, 0.3) is 0 Å². The molecule has 0 rings (SSSR count). The average Bonchev–Trinajstić information content (AvgIpc) is 2.12. The summed E-state index contributed by atoms with van der Waals surface area (Å²) < 4.78 is 5.08. The molecule has 0 fully saturated rings. The van der Waals surface area contributed by atoms with Gasteiger partial charge in [0.05, 0.1) is 12.2 Å². The third kappa shape index (κ3) is 6.35. The normalized spacial score (nSPS) is 17.8. The fourth-order valence-corrected chi connectivity index (χ4v) is 1.51. The molecule has 0 amide bonds. The molecule has 0 bridgehead atoms. The van der Waals surface area contributed by atoms with Crippen LogP contribution in [0.5, 0.6) is 0 Å². The highest BCUT2D eigenvalue weighted by atomic mass is 16.5. The molecule has 3 nitrogen and oxygen atoms in total. The van der Waals surface area contributed by atoms with Crippen molar-refractivity contribution in [1.29, 1.82) is 0 Å². The third-order valence-corrected chi connectivity index (χ3v) is 2.42. The van der Waals surface area contributed by atoms with Crippen molar-refractivity contribution in [3.8, 4) is 0 Å². The number of hydrogen-bond donors (Lipinski definition) is 2. The van der Waals surface area contributed by atoms with E-state index in [2.05, 4.69) is 19.2 Å². The molecule has 0 aliphatic carbocycles. The van der Waals surface area contributed by atoms with E-state index in [1.807, 2.05) is 6.92 Å². The Bertz CT molecular complexity index is 137. The quantitative estimate of drug-likeness (QED) is 0.629. The first kappa shape index (κ1) is 13.9. The van der Waals surface area contributed by atoms with E-state index < -0.39 is 5.60 Å². The molecule has 86 valence electrons. The molecule has 2 N–H and O–H groups in total. The molecule has 0 spiro atoms. The molecule has 0 saturated heterocycles. The van der Waals surface area contributed by atoms with Gasteiger partial charge < -0.3 is 15.2 Å². The largest absolute Gasteiger partial charge is 0.389 e. The molecule has 2 atom stereocenters. The summed E-state index contributed by atoms with van der Waals surface area (Å²) in [5.41, 5.74) is -0.587. The molecular weight excluding hydrogens is 178 g/mol. The Labute approximate surface area is 87.8 Å². The van der Waals surface area contributed by atoms with Crippen molar-refractivity contribution in [3.63, 3.8) is 0 Å². The molecule has 0 radical (unpaired) electrons. The fourth-order valence-electron chi connectivity index (χ4n) is 1.51. The van der Waals surface area contributed by atoms with Crippen molar-refractivity contribution < 1.29 is 9.84 Å². The highest BCUT2D eigenvalue weighted by Crippen LogP contribution is 2.10. The van der Waals surface area contributed by atoms with Gasteiger partial charge in [0.1, 0.15) is 0 Å². The molecule has 14 heavy (non-hydrogen) atoms. The Morgan fingerprint density at radius 1 is 1.43 bits per heavy atom. The fraction of sp³-hybridized carbons (Fsp3) is 1.00. The maximum atomic E-state index is 9.92. The van der Waals surface area contributed by atoms with Gasteiger partial charge in [-0.15, -0.1) is 0 Å². The van der Waals surface area contributed by atoms with Crippen molar-refractivity contribution >= 4 is 0 Å². The summed E-state index contributed by atoms with van der Waals surface area (Å²) in [5.74, 6) is 0. The summed E-state index contributed by atoms with van der Waals surface area (Å²) in [6, 6.07) is 0.350. The molecule has 0 aromatic carbocycles. The van der Waals surface area contributed by atoms with Crippen LogP contribution in [0.2, 0.25) is 0 Å². The van der Waals surface area contributed by atoms with Crippen molar-refractivity contribution in [1.82, 2.24) is 5.32 Å². The predicted molar refractivity (Wildman–Crippen MR) is 59.5 cm³/mol. The zero-order chi connectivity index (χ0) is 11.0. The summed E-state index contributed by atoms with van der Waals surface area (Å²) in [5, 5.41) is 13.2. The van der Waals surface area contributed by atoms with Crippen LogP contribution in [-0.4, -0.2) is 37.0 Å². The van der Waals surface area contributed by atoms with E-state index in [0.717, 1.165) is 19.3 Å². The molecule has 0 aliphatic heterocycles. The zero-order valence-electron chi connectivity index (χ0n) is 9.97. The van der Waals surface area contributed by atoms with Crippen LogP contribution >= 0.6 is 0 Å². The number of methoxy groups -OCH3 is 1. The van der Waals surface area contributed by atoms with Crippen LogP contribution in [0.4, 0.5) is 0 Å². The van der Waals surface area contributed by atoms with Gasteiger partial charge in [0, 0.05) is 19.7 Å². The number of ether oxygens (including phenoxy) is 1. The second-order valence-corrected chi connectivity index (χ2v) is 4.19. The number of hydrogen-bond acceptors (Lipinski definition) is 3. The Hall–Kier alpha value is -0.120. The highest BCUT2D eigenvalue weighted by Gasteiger charge is 2.19. The van der Waals surface area contributed by atoms with Crippen LogP contribution < -0.4 is 5.32 Å². The molecule has 0 aromatic rings. The van der Waals surface area contributed by atoms with Crippen LogP contribution in [0.3, 0.4) is 0 Å². The summed E-state index contributed by atoms with van der Waals surface area (Å²) >= 11 is 0. The van der Waals surface area contributed by atoms with Crippen molar-refractivity contribution in [3.05, 3.63) is 0 Å². The maximum absolute atomic E-state index is 9.92. The first-order chi connectivity index (χ1) is 6.55. The van der Waals surface area contributed by atoms with Gasteiger partial charge in [-0.3, -0.25) is 0 Å². The second-order valence-electron chi connectivity index (χ2n) is 4.19. The average molecular weight is 203 g/mol. The lowest BCUT2D eigenvalue weighted by Crippen LogP contribution is -2.43. The van der Waals surface area contributed by atoms with Gasteiger partial charge in [-0.1, -0.05) is 20.3 Å². The maximum Gasteiger partial charge on any atom is 0.0743 e. The van der Waals surface area contributed by atoms with E-state index in [1.54, 1.807) is 7.11 Å². The third-order valence-electron chi connectivity index (χ3n) is 2.42. The lowest BCUT2D eigenvalue weighted by Gasteiger charge is -2.26. The van der Waals surface area contributed by atoms with Crippen LogP contribution in [-0.2, 0) is 4.74 Å². The Kier molecular flexibility index (Phi) is 7.15. The minimum absolute atomic E-state index is 0.350. The summed E-state index contributed by atoms with van der Waals surface area (Å²) in [6.07, 6.45) is 2.87. The molecular formula is C11H25NO2. The highest BCUT2D eigenvalue weighted by molar-refractivity contribution is 4.77. The SMILES string of the molecule is CCCC(C)(O)CNC(CC)COC. The van der Waals surface area contributed by atoms with Gasteiger partial charge in [-0.2, -0.15) is 0 Å². The van der Waals surface area contributed by atoms with Crippen LogP contribution in [0, 0.1) is 0 Å². The van der Waals surface area contributed by atoms with Gasteiger partial charge in [-0.05, 0) is 19.8 Å². The molecule has 0 heterocycles. The standard InChI is InChI=1S/C11H25NO2/c1-5-7-11(3,13)9-12-10(6-2)8-14-4/h10,12-13H,5-9H2,1-4H3. The number of nitrogens with one attached hydrogen (secondary N) is 1. The first-order valence-electron chi connectivity index (χ1n) is 5.50. The van der Waals surface area contributed by atoms with Crippen LogP contribution in [0.1, 0.15) is 40.0 Å². The lowest BCUT2D eigenvalue weighted by molar-refractivity contribution is 0.0426. The van der Waals surface area contributed by atoms with Crippen molar-refractivity contribution in [2.45, 2.75) is 51.7 Å². The van der Waals surface area contributed by atoms with Gasteiger partial charge >= 0.3 is 0 Å². The minimum atomic E-state index is -0.587. The predicted octanol–water partition coefficient (Wildman–Crippen LogP) is 1.55. The topological polar surface area (TPSA) is 41.5 Å². The Morgan fingerprint density at radius 3 is 2.50 bits per heavy atom. The van der Waals surface area contributed by atoms with E-state index >= 15 is 0 Å². The van der Waals surface area contributed by atoms with Gasteiger partial charge in [0.15, 0.2) is 0 Å². The van der Waals surface area contributed by atoms with E-state index in [1.165, 1.54) is 0 Å². The van der Waals surface area contributed by atoms with E-state index in [-0.39, 0.29) is 0 Å². The molecule has 0 saturated carbocycles. The van der Waals surface area contributed by atoms with Gasteiger partial charge in [0.2, 0.25) is 0 Å². The summed E-state index contributed by atoms with van der Waals surface area (Å²) in [4.78, 5) is 0. The molecule has 3 heteroatoms. The lowest BCUT2D eigenvalue weighted by atomic mass is 10.0. The Balaban J connectivity index is 3.76. The van der Waals surface area contributed by atoms with E-state index in [9.17, 15) is 5.11 Å². The van der Waals surface area contributed by atoms with E-state index in [0.29, 0.717) is 19.2 Å². The number of aliphatic hydroxyl groups is 1. The zero-order valence-corrected chi connectivity index (χ0v) is 9.97. The summed E-state index contributed by atoms with van der Waals surface area (Å²) in [7, 11) is 1.70. The van der Waals surface area contributed by atoms with Crippen molar-refractivity contribution in [2.24, 2.45) is 0 Å². The van der Waals surface area contributed by atoms with Crippen molar-refractivity contribution in [2.75, 3.05) is 20.3 Å². The van der Waals surface area contributed by atoms with E-state index in [4.69, 9.17) is 4.74 Å². The van der Waals surface area contributed by atoms with Crippen LogP contribution in [0.25, 0.3) is 0 Å². The second kappa shape index (κ2) is 7.21. The minimum Gasteiger partial charge on any atom is -0.389 e. The van der Waals surface area contributed by atoms with Gasteiger partial charge in [-0.25, -0.2) is 0 Å². The molecule has 2 unspecified atom stereocenters. The summed E-state index contributed by atoms with van der Waals surface area (Å²) in [6.45, 7) is 7.43. The Morgan fingerprint density at radius 2 is 2.07 bits per heavy atom.